The number of hydrogen-bond acceptors (Lipinski definition) is 2. The Morgan fingerprint density at radius 2 is 2.00 bits per heavy atom. The Bertz CT molecular complexity index is 515. The predicted octanol–water partition coefficient (Wildman–Crippen LogP) is 4.71. The van der Waals surface area contributed by atoms with Gasteiger partial charge in [-0.3, -0.25) is 0 Å². The Morgan fingerprint density at radius 1 is 1.16 bits per heavy atom. The minimum absolute atomic E-state index is 0.338. The molecule has 1 heterocycles. The molecule has 0 aliphatic rings. The summed E-state index contributed by atoms with van der Waals surface area (Å²) in [5.41, 5.74) is 2.80. The molecule has 1 atom stereocenters. The van der Waals surface area contributed by atoms with E-state index in [4.69, 9.17) is 0 Å². The zero-order chi connectivity index (χ0) is 13.7. The van der Waals surface area contributed by atoms with Crippen molar-refractivity contribution in [3.63, 3.8) is 0 Å². The molecule has 102 valence electrons. The van der Waals surface area contributed by atoms with E-state index < -0.39 is 0 Å². The first-order chi connectivity index (χ1) is 9.24. The van der Waals surface area contributed by atoms with Gasteiger partial charge in [-0.1, -0.05) is 38.1 Å². The van der Waals surface area contributed by atoms with Crippen molar-refractivity contribution in [3.05, 3.63) is 57.3 Å². The molecule has 2 rings (SSSR count). The molecule has 0 saturated carbocycles. The predicted molar refractivity (Wildman–Crippen MR) is 85.0 cm³/mol. The van der Waals surface area contributed by atoms with Crippen LogP contribution in [0.1, 0.15) is 47.2 Å². The Morgan fingerprint density at radius 3 is 2.63 bits per heavy atom. The monoisotopic (exact) mass is 273 g/mol. The van der Waals surface area contributed by atoms with E-state index in [1.807, 2.05) is 11.3 Å². The van der Waals surface area contributed by atoms with Gasteiger partial charge in [0, 0.05) is 9.75 Å². The third-order valence-electron chi connectivity index (χ3n) is 3.34. The van der Waals surface area contributed by atoms with Gasteiger partial charge in [-0.05, 0) is 49.6 Å². The molecule has 2 aromatic rings. The minimum atomic E-state index is 0.338. The average molecular weight is 273 g/mol. The van der Waals surface area contributed by atoms with E-state index in [1.54, 1.807) is 0 Å². The van der Waals surface area contributed by atoms with Crippen LogP contribution in [0.3, 0.4) is 0 Å². The molecule has 0 aliphatic carbocycles. The molecule has 2 heteroatoms. The van der Waals surface area contributed by atoms with E-state index in [1.165, 1.54) is 20.9 Å². The van der Waals surface area contributed by atoms with Crippen molar-refractivity contribution in [1.82, 2.24) is 5.32 Å². The number of aryl methyl sites for hydroxylation is 2. The van der Waals surface area contributed by atoms with Crippen LogP contribution in [0.15, 0.2) is 36.4 Å². The van der Waals surface area contributed by atoms with Crippen LogP contribution in [0.2, 0.25) is 0 Å². The number of nitrogens with one attached hydrogen (secondary N) is 1. The normalized spacial score (nSPS) is 12.6. The summed E-state index contributed by atoms with van der Waals surface area (Å²) in [5, 5.41) is 3.68. The number of benzene rings is 1. The van der Waals surface area contributed by atoms with E-state index >= 15 is 0 Å². The Hall–Kier alpha value is -1.12. The second kappa shape index (κ2) is 6.88. The number of thiophene rings is 1. The number of rotatable bonds is 6. The fraction of sp³-hybridized carbons (Fsp3) is 0.412. The van der Waals surface area contributed by atoms with Crippen molar-refractivity contribution in [2.45, 2.75) is 39.7 Å². The van der Waals surface area contributed by atoms with Crippen molar-refractivity contribution in [2.24, 2.45) is 0 Å². The summed E-state index contributed by atoms with van der Waals surface area (Å²) in [6, 6.07) is 13.8. The van der Waals surface area contributed by atoms with Gasteiger partial charge < -0.3 is 5.32 Å². The van der Waals surface area contributed by atoms with E-state index in [0.717, 1.165) is 19.4 Å². The molecule has 0 bridgehead atoms. The molecular formula is C17H23NS. The van der Waals surface area contributed by atoms with Crippen LogP contribution in [0.4, 0.5) is 0 Å². The highest BCUT2D eigenvalue weighted by Gasteiger charge is 2.15. The van der Waals surface area contributed by atoms with Gasteiger partial charge in [-0.2, -0.15) is 0 Å². The first-order valence-electron chi connectivity index (χ1n) is 7.13. The minimum Gasteiger partial charge on any atom is -0.306 e. The van der Waals surface area contributed by atoms with Crippen LogP contribution in [-0.2, 0) is 6.42 Å². The molecule has 1 nitrogen and oxygen atoms in total. The van der Waals surface area contributed by atoms with Gasteiger partial charge in [0.05, 0.1) is 6.04 Å². The highest BCUT2D eigenvalue weighted by Crippen LogP contribution is 2.28. The van der Waals surface area contributed by atoms with Gasteiger partial charge in [0.1, 0.15) is 0 Å². The van der Waals surface area contributed by atoms with Crippen molar-refractivity contribution >= 4 is 11.3 Å². The molecule has 1 unspecified atom stereocenters. The lowest BCUT2D eigenvalue weighted by Crippen LogP contribution is -2.22. The molecule has 0 spiro atoms. The molecule has 1 N–H and O–H groups in total. The van der Waals surface area contributed by atoms with E-state index in [2.05, 4.69) is 62.5 Å². The summed E-state index contributed by atoms with van der Waals surface area (Å²) in [6.07, 6.45) is 2.26. The lowest BCUT2D eigenvalue weighted by atomic mass is 10.0. The van der Waals surface area contributed by atoms with Gasteiger partial charge in [0.15, 0.2) is 0 Å². The van der Waals surface area contributed by atoms with Crippen molar-refractivity contribution in [3.8, 4) is 0 Å². The van der Waals surface area contributed by atoms with Crippen LogP contribution in [-0.4, -0.2) is 6.54 Å². The summed E-state index contributed by atoms with van der Waals surface area (Å²) in [7, 11) is 0. The molecule has 0 fully saturated rings. The topological polar surface area (TPSA) is 12.0 Å². The number of hydrogen-bond donors (Lipinski definition) is 1. The average Bonchev–Trinajstić information content (AvgIpc) is 2.86. The van der Waals surface area contributed by atoms with Gasteiger partial charge in [0.25, 0.3) is 0 Å². The molecular weight excluding hydrogens is 250 g/mol. The Balaban J connectivity index is 2.30. The summed E-state index contributed by atoms with van der Waals surface area (Å²) < 4.78 is 0. The summed E-state index contributed by atoms with van der Waals surface area (Å²) in [6.45, 7) is 7.65. The van der Waals surface area contributed by atoms with Crippen molar-refractivity contribution in [1.29, 1.82) is 0 Å². The first-order valence-corrected chi connectivity index (χ1v) is 7.94. The first kappa shape index (κ1) is 14.3. The smallest absolute Gasteiger partial charge is 0.0671 e. The molecule has 1 aromatic heterocycles. The summed E-state index contributed by atoms with van der Waals surface area (Å²) in [4.78, 5) is 2.80. The van der Waals surface area contributed by atoms with Gasteiger partial charge in [-0.25, -0.2) is 0 Å². The maximum absolute atomic E-state index is 3.68. The van der Waals surface area contributed by atoms with Gasteiger partial charge in [0.2, 0.25) is 0 Å². The largest absolute Gasteiger partial charge is 0.306 e. The van der Waals surface area contributed by atoms with E-state index in [9.17, 15) is 0 Å². The zero-order valence-electron chi connectivity index (χ0n) is 12.1. The third kappa shape index (κ3) is 3.68. The highest BCUT2D eigenvalue weighted by atomic mass is 32.1. The maximum atomic E-state index is 3.68. The SMILES string of the molecule is CCCNC(c1cccc(CC)c1)c1ccc(C)s1. The molecule has 0 saturated heterocycles. The van der Waals surface area contributed by atoms with Crippen LogP contribution in [0, 0.1) is 6.92 Å². The van der Waals surface area contributed by atoms with Gasteiger partial charge in [-0.15, -0.1) is 11.3 Å². The van der Waals surface area contributed by atoms with Crippen LogP contribution >= 0.6 is 11.3 Å². The lowest BCUT2D eigenvalue weighted by Gasteiger charge is -2.18. The molecule has 1 aromatic carbocycles. The van der Waals surface area contributed by atoms with E-state index in [0.29, 0.717) is 6.04 Å². The van der Waals surface area contributed by atoms with Crippen molar-refractivity contribution < 1.29 is 0 Å². The standard InChI is InChI=1S/C17H23NS/c1-4-11-18-17(16-10-9-13(3)19-16)15-8-6-7-14(5-2)12-15/h6-10,12,17-18H,4-5,11H2,1-3H3. The van der Waals surface area contributed by atoms with Crippen LogP contribution < -0.4 is 5.32 Å². The molecule has 0 amide bonds. The Labute approximate surface area is 120 Å². The van der Waals surface area contributed by atoms with E-state index in [-0.39, 0.29) is 0 Å². The zero-order valence-corrected chi connectivity index (χ0v) is 12.9. The van der Waals surface area contributed by atoms with Gasteiger partial charge >= 0.3 is 0 Å². The van der Waals surface area contributed by atoms with Crippen LogP contribution in [0.5, 0.6) is 0 Å². The quantitative estimate of drug-likeness (QED) is 0.804. The lowest BCUT2D eigenvalue weighted by molar-refractivity contribution is 0.605. The maximum Gasteiger partial charge on any atom is 0.0671 e. The molecule has 0 aliphatic heterocycles. The van der Waals surface area contributed by atoms with Crippen molar-refractivity contribution in [2.75, 3.05) is 6.54 Å². The molecule has 0 radical (unpaired) electrons. The fourth-order valence-electron chi connectivity index (χ4n) is 2.27. The second-order valence-electron chi connectivity index (χ2n) is 4.93. The third-order valence-corrected chi connectivity index (χ3v) is 4.40. The highest BCUT2D eigenvalue weighted by molar-refractivity contribution is 7.12. The summed E-state index contributed by atoms with van der Waals surface area (Å²) >= 11 is 1.89. The molecule has 19 heavy (non-hydrogen) atoms. The second-order valence-corrected chi connectivity index (χ2v) is 6.25. The Kier molecular flexibility index (Phi) is 5.17. The van der Waals surface area contributed by atoms with Crippen LogP contribution in [0.25, 0.3) is 0 Å². The summed E-state index contributed by atoms with van der Waals surface area (Å²) in [5.74, 6) is 0. The fourth-order valence-corrected chi connectivity index (χ4v) is 3.25.